The van der Waals surface area contributed by atoms with E-state index in [1.807, 2.05) is 54.6 Å². The summed E-state index contributed by atoms with van der Waals surface area (Å²) in [4.78, 5) is 12.0. The number of amides is 1. The molecule has 4 heteroatoms. The molecule has 0 heterocycles. The number of hydrogen-bond donors (Lipinski definition) is 2. The van der Waals surface area contributed by atoms with Crippen LogP contribution in [0, 0.1) is 0 Å². The minimum Gasteiger partial charge on any atom is -0.382 e. The number of nitrogens with one attached hydrogen (secondary N) is 2. The summed E-state index contributed by atoms with van der Waals surface area (Å²) in [5.74, 6) is -0.135. The first-order valence-electron chi connectivity index (χ1n) is 9.08. The number of anilines is 2. The van der Waals surface area contributed by atoms with E-state index >= 15 is 0 Å². The average Bonchev–Trinajstić information content (AvgIpc) is 2.65. The van der Waals surface area contributed by atoms with Crippen LogP contribution in [-0.4, -0.2) is 18.6 Å². The van der Waals surface area contributed by atoms with E-state index in [0.29, 0.717) is 12.6 Å². The maximum absolute atomic E-state index is 12.0. The Kier molecular flexibility index (Phi) is 6.46. The standard InChI is InChI=1S/C21H26N2O2/c24-21(16-25-15-17-7-3-1-4-8-17)23-20-13-11-19(12-14-20)22-18-9-5-2-6-10-18/h1,3-4,7-8,11-14,18,22H,2,5-6,9-10,15-16H2,(H,23,24). The second-order valence-corrected chi connectivity index (χ2v) is 6.58. The second kappa shape index (κ2) is 9.23. The summed E-state index contributed by atoms with van der Waals surface area (Å²) in [6.45, 7) is 0.496. The molecule has 2 aromatic carbocycles. The molecular formula is C21H26N2O2. The lowest BCUT2D eigenvalue weighted by molar-refractivity contribution is -0.121. The van der Waals surface area contributed by atoms with Crippen molar-refractivity contribution in [3.05, 3.63) is 60.2 Å². The molecule has 0 radical (unpaired) electrons. The molecule has 1 saturated carbocycles. The molecule has 132 valence electrons. The third-order valence-electron chi connectivity index (χ3n) is 4.49. The number of carbonyl (C=O) groups excluding carboxylic acids is 1. The van der Waals surface area contributed by atoms with E-state index in [0.717, 1.165) is 16.9 Å². The van der Waals surface area contributed by atoms with Gasteiger partial charge in [0, 0.05) is 17.4 Å². The third kappa shape index (κ3) is 5.91. The number of hydrogen-bond acceptors (Lipinski definition) is 3. The van der Waals surface area contributed by atoms with Gasteiger partial charge in [-0.2, -0.15) is 0 Å². The van der Waals surface area contributed by atoms with E-state index in [2.05, 4.69) is 10.6 Å². The van der Waals surface area contributed by atoms with E-state index < -0.39 is 0 Å². The van der Waals surface area contributed by atoms with E-state index in [4.69, 9.17) is 4.74 Å². The molecule has 1 amide bonds. The fourth-order valence-electron chi connectivity index (χ4n) is 3.17. The molecule has 2 aromatic rings. The summed E-state index contributed by atoms with van der Waals surface area (Å²) in [5, 5.41) is 6.44. The molecule has 0 unspecified atom stereocenters. The second-order valence-electron chi connectivity index (χ2n) is 6.58. The van der Waals surface area contributed by atoms with Gasteiger partial charge in [0.2, 0.25) is 5.91 Å². The lowest BCUT2D eigenvalue weighted by Gasteiger charge is -2.23. The zero-order valence-electron chi connectivity index (χ0n) is 14.5. The zero-order chi connectivity index (χ0) is 17.3. The monoisotopic (exact) mass is 338 g/mol. The van der Waals surface area contributed by atoms with Gasteiger partial charge in [0.25, 0.3) is 0 Å². The van der Waals surface area contributed by atoms with Gasteiger partial charge in [-0.15, -0.1) is 0 Å². The molecule has 2 N–H and O–H groups in total. The SMILES string of the molecule is O=C(COCc1ccccc1)Nc1ccc(NC2CCCCC2)cc1. The lowest BCUT2D eigenvalue weighted by Crippen LogP contribution is -2.22. The highest BCUT2D eigenvalue weighted by atomic mass is 16.5. The maximum Gasteiger partial charge on any atom is 0.250 e. The molecule has 25 heavy (non-hydrogen) atoms. The quantitative estimate of drug-likeness (QED) is 0.776. The van der Waals surface area contributed by atoms with Crippen LogP contribution in [0.3, 0.4) is 0 Å². The Balaban J connectivity index is 1.40. The van der Waals surface area contributed by atoms with Gasteiger partial charge in [-0.1, -0.05) is 49.6 Å². The Labute approximate surface area is 149 Å². The van der Waals surface area contributed by atoms with Crippen molar-refractivity contribution in [2.45, 2.75) is 44.8 Å². The lowest BCUT2D eigenvalue weighted by atomic mass is 9.95. The first kappa shape index (κ1) is 17.5. The minimum atomic E-state index is -0.135. The van der Waals surface area contributed by atoms with Crippen molar-refractivity contribution in [3.8, 4) is 0 Å². The van der Waals surface area contributed by atoms with Crippen molar-refractivity contribution in [1.82, 2.24) is 0 Å². The van der Waals surface area contributed by atoms with Gasteiger partial charge in [0.1, 0.15) is 6.61 Å². The van der Waals surface area contributed by atoms with E-state index in [-0.39, 0.29) is 12.5 Å². The maximum atomic E-state index is 12.0. The number of benzene rings is 2. The van der Waals surface area contributed by atoms with Gasteiger partial charge in [-0.3, -0.25) is 4.79 Å². The third-order valence-corrected chi connectivity index (χ3v) is 4.49. The van der Waals surface area contributed by atoms with Crippen LogP contribution in [-0.2, 0) is 16.1 Å². The molecule has 3 rings (SSSR count). The zero-order valence-corrected chi connectivity index (χ0v) is 14.5. The van der Waals surface area contributed by atoms with Crippen LogP contribution >= 0.6 is 0 Å². The summed E-state index contributed by atoms with van der Waals surface area (Å²) < 4.78 is 5.45. The summed E-state index contributed by atoms with van der Waals surface area (Å²) in [7, 11) is 0. The normalized spacial score (nSPS) is 14.9. The highest BCUT2D eigenvalue weighted by molar-refractivity contribution is 5.91. The topological polar surface area (TPSA) is 50.4 Å². The van der Waals surface area contributed by atoms with Gasteiger partial charge in [0.05, 0.1) is 6.61 Å². The number of rotatable bonds is 7. The molecule has 4 nitrogen and oxygen atoms in total. The Morgan fingerprint density at radius 2 is 1.60 bits per heavy atom. The predicted octanol–water partition coefficient (Wildman–Crippen LogP) is 4.59. The van der Waals surface area contributed by atoms with Crippen LogP contribution < -0.4 is 10.6 Å². The number of carbonyl (C=O) groups is 1. The molecule has 1 fully saturated rings. The Hall–Kier alpha value is -2.33. The van der Waals surface area contributed by atoms with Gasteiger partial charge in [-0.25, -0.2) is 0 Å². The molecule has 1 aliphatic rings. The molecular weight excluding hydrogens is 312 g/mol. The summed E-state index contributed by atoms with van der Waals surface area (Å²) in [5.41, 5.74) is 2.97. The minimum absolute atomic E-state index is 0.0525. The van der Waals surface area contributed by atoms with Crippen LogP contribution in [0.2, 0.25) is 0 Å². The first-order valence-corrected chi connectivity index (χ1v) is 9.08. The van der Waals surface area contributed by atoms with Crippen LogP contribution in [0.25, 0.3) is 0 Å². The summed E-state index contributed by atoms with van der Waals surface area (Å²) in [6, 6.07) is 18.3. The van der Waals surface area contributed by atoms with Crippen LogP contribution in [0.1, 0.15) is 37.7 Å². The summed E-state index contributed by atoms with van der Waals surface area (Å²) in [6.07, 6.45) is 6.48. The van der Waals surface area contributed by atoms with Gasteiger partial charge >= 0.3 is 0 Å². The van der Waals surface area contributed by atoms with Gasteiger partial charge < -0.3 is 15.4 Å². The van der Waals surface area contributed by atoms with Crippen molar-refractivity contribution in [2.75, 3.05) is 17.2 Å². The Morgan fingerprint density at radius 1 is 0.920 bits per heavy atom. The van der Waals surface area contributed by atoms with Crippen molar-refractivity contribution in [1.29, 1.82) is 0 Å². The van der Waals surface area contributed by atoms with Crippen LogP contribution in [0.4, 0.5) is 11.4 Å². The van der Waals surface area contributed by atoms with E-state index in [1.54, 1.807) is 0 Å². The highest BCUT2D eigenvalue weighted by Gasteiger charge is 2.12. The first-order chi connectivity index (χ1) is 12.3. The fraction of sp³-hybridized carbons (Fsp3) is 0.381. The van der Waals surface area contributed by atoms with E-state index in [1.165, 1.54) is 32.1 Å². The van der Waals surface area contributed by atoms with Crippen molar-refractivity contribution >= 4 is 17.3 Å². The molecule has 0 atom stereocenters. The van der Waals surface area contributed by atoms with Gasteiger partial charge in [-0.05, 0) is 42.7 Å². The molecule has 0 aromatic heterocycles. The molecule has 0 saturated heterocycles. The van der Waals surface area contributed by atoms with Crippen molar-refractivity contribution < 1.29 is 9.53 Å². The highest BCUT2D eigenvalue weighted by Crippen LogP contribution is 2.22. The fourth-order valence-corrected chi connectivity index (χ4v) is 3.17. The molecule has 0 bridgehead atoms. The predicted molar refractivity (Wildman–Crippen MR) is 102 cm³/mol. The average molecular weight is 338 g/mol. The van der Waals surface area contributed by atoms with Crippen molar-refractivity contribution in [3.63, 3.8) is 0 Å². The smallest absolute Gasteiger partial charge is 0.250 e. The molecule has 0 spiro atoms. The van der Waals surface area contributed by atoms with Crippen molar-refractivity contribution in [2.24, 2.45) is 0 Å². The summed E-state index contributed by atoms with van der Waals surface area (Å²) >= 11 is 0. The van der Waals surface area contributed by atoms with Crippen LogP contribution in [0.15, 0.2) is 54.6 Å². The number of ether oxygens (including phenoxy) is 1. The molecule has 1 aliphatic carbocycles. The van der Waals surface area contributed by atoms with Crippen LogP contribution in [0.5, 0.6) is 0 Å². The van der Waals surface area contributed by atoms with Gasteiger partial charge in [0.15, 0.2) is 0 Å². The van der Waals surface area contributed by atoms with E-state index in [9.17, 15) is 4.79 Å². The largest absolute Gasteiger partial charge is 0.382 e. The Morgan fingerprint density at radius 3 is 2.32 bits per heavy atom. The molecule has 0 aliphatic heterocycles. The Bertz CT molecular complexity index is 649.